The topological polar surface area (TPSA) is 74.8 Å². The average molecular weight is 449 g/mol. The summed E-state index contributed by atoms with van der Waals surface area (Å²) in [5.74, 6) is -0.370. The molecule has 0 saturated carbocycles. The lowest BCUT2D eigenvalue weighted by molar-refractivity contribution is -0.116. The van der Waals surface area contributed by atoms with Crippen LogP contribution in [0.5, 0.6) is 0 Å². The third kappa shape index (κ3) is 5.22. The second-order valence-electron chi connectivity index (χ2n) is 7.18. The Hall–Kier alpha value is -3.49. The van der Waals surface area contributed by atoms with E-state index in [1.54, 1.807) is 11.0 Å². The number of para-hydroxylation sites is 3. The number of hydrogen-bond acceptors (Lipinski definition) is 6. The van der Waals surface area contributed by atoms with Gasteiger partial charge in [0.1, 0.15) is 0 Å². The Balaban J connectivity index is 1.45. The summed E-state index contributed by atoms with van der Waals surface area (Å²) in [7, 11) is 0. The van der Waals surface area contributed by atoms with Crippen LogP contribution in [0.25, 0.3) is 6.08 Å². The van der Waals surface area contributed by atoms with Crippen LogP contribution in [-0.4, -0.2) is 43.1 Å². The van der Waals surface area contributed by atoms with Crippen LogP contribution in [0.1, 0.15) is 12.6 Å². The lowest BCUT2D eigenvalue weighted by Crippen LogP contribution is -2.36. The average Bonchev–Trinajstić information content (AvgIpc) is 3.27. The zero-order chi connectivity index (χ0) is 22.3. The number of ether oxygens (including phenoxy) is 1. The molecule has 1 saturated heterocycles. The normalized spacial score (nSPS) is 13.8. The molecule has 8 heteroatoms. The number of carbonyl (C=O) groups is 2. The highest BCUT2D eigenvalue weighted by atomic mass is 32.1. The molecule has 0 atom stereocenters. The molecule has 1 N–H and O–H groups in total. The minimum absolute atomic E-state index is 0.126. The molecule has 0 bridgehead atoms. The summed E-state index contributed by atoms with van der Waals surface area (Å²) in [5.41, 5.74) is 3.11. The molecule has 7 nitrogen and oxygen atoms in total. The van der Waals surface area contributed by atoms with Gasteiger partial charge in [0.05, 0.1) is 36.0 Å². The number of aromatic nitrogens is 1. The van der Waals surface area contributed by atoms with Crippen LogP contribution in [0.3, 0.4) is 0 Å². The third-order valence-corrected chi connectivity index (χ3v) is 5.79. The maximum Gasteiger partial charge on any atom is 0.248 e. The van der Waals surface area contributed by atoms with Crippen molar-refractivity contribution in [2.45, 2.75) is 6.92 Å². The monoisotopic (exact) mass is 448 g/mol. The molecule has 0 aliphatic carbocycles. The number of anilines is 4. The Morgan fingerprint density at radius 3 is 2.56 bits per heavy atom. The molecule has 0 spiro atoms. The lowest BCUT2D eigenvalue weighted by atomic mass is 10.2. The van der Waals surface area contributed by atoms with Gasteiger partial charge in [0.15, 0.2) is 5.13 Å². The summed E-state index contributed by atoms with van der Waals surface area (Å²) in [6.07, 6.45) is 3.10. The number of hydrogen-bond donors (Lipinski definition) is 1. The molecule has 3 aromatic rings. The molecular formula is C24H24N4O3S. The SMILES string of the molecule is CC(=O)N(c1ccccc1)c1nc(C=CC(=O)Nc2ccccc2N2CCOCC2)cs1. The van der Waals surface area contributed by atoms with E-state index in [1.165, 1.54) is 24.3 Å². The second kappa shape index (κ2) is 10.2. The number of thiazole rings is 1. The Labute approximate surface area is 191 Å². The number of benzene rings is 2. The highest BCUT2D eigenvalue weighted by Crippen LogP contribution is 2.29. The van der Waals surface area contributed by atoms with Crippen LogP contribution < -0.4 is 15.1 Å². The number of nitrogens with zero attached hydrogens (tertiary/aromatic N) is 3. The van der Waals surface area contributed by atoms with Crippen molar-refractivity contribution in [3.8, 4) is 0 Å². The summed E-state index contributed by atoms with van der Waals surface area (Å²) < 4.78 is 5.42. The minimum atomic E-state index is -0.244. The predicted octanol–water partition coefficient (Wildman–Crippen LogP) is 4.32. The first-order valence-electron chi connectivity index (χ1n) is 10.3. The van der Waals surface area contributed by atoms with Crippen molar-refractivity contribution in [3.63, 3.8) is 0 Å². The van der Waals surface area contributed by atoms with Gasteiger partial charge < -0.3 is 15.0 Å². The molecule has 1 aliphatic heterocycles. The number of carbonyl (C=O) groups excluding carboxylic acids is 2. The van der Waals surface area contributed by atoms with Gasteiger partial charge in [-0.25, -0.2) is 4.98 Å². The van der Waals surface area contributed by atoms with Crippen LogP contribution in [-0.2, 0) is 14.3 Å². The largest absolute Gasteiger partial charge is 0.378 e. The lowest BCUT2D eigenvalue weighted by Gasteiger charge is -2.30. The standard InChI is InChI=1S/C24H24N4O3S/c1-18(29)28(20-7-3-2-4-8-20)24-25-19(17-32-24)11-12-23(30)26-21-9-5-6-10-22(21)27-13-15-31-16-14-27/h2-12,17H,13-16H2,1H3,(H,26,30). The predicted molar refractivity (Wildman–Crippen MR) is 129 cm³/mol. The molecule has 4 rings (SSSR count). The molecule has 0 unspecified atom stereocenters. The van der Waals surface area contributed by atoms with Gasteiger partial charge in [-0.05, 0) is 30.3 Å². The van der Waals surface area contributed by atoms with Gasteiger partial charge >= 0.3 is 0 Å². The van der Waals surface area contributed by atoms with Crippen molar-refractivity contribution in [1.82, 2.24) is 4.98 Å². The van der Waals surface area contributed by atoms with E-state index in [0.717, 1.165) is 30.2 Å². The van der Waals surface area contributed by atoms with Crippen LogP contribution in [0.4, 0.5) is 22.2 Å². The van der Waals surface area contributed by atoms with E-state index >= 15 is 0 Å². The summed E-state index contributed by atoms with van der Waals surface area (Å²) in [5, 5.41) is 5.33. The van der Waals surface area contributed by atoms with Crippen LogP contribution in [0.15, 0.2) is 66.1 Å². The van der Waals surface area contributed by atoms with E-state index in [9.17, 15) is 9.59 Å². The second-order valence-corrected chi connectivity index (χ2v) is 8.02. The van der Waals surface area contributed by atoms with Crippen molar-refractivity contribution in [2.75, 3.05) is 41.4 Å². The van der Waals surface area contributed by atoms with E-state index in [4.69, 9.17) is 4.74 Å². The third-order valence-electron chi connectivity index (χ3n) is 4.95. The Morgan fingerprint density at radius 1 is 1.09 bits per heavy atom. The maximum atomic E-state index is 12.6. The highest BCUT2D eigenvalue weighted by Gasteiger charge is 2.18. The Morgan fingerprint density at radius 2 is 1.81 bits per heavy atom. The van der Waals surface area contributed by atoms with Crippen molar-refractivity contribution < 1.29 is 14.3 Å². The summed E-state index contributed by atoms with van der Waals surface area (Å²) >= 11 is 1.35. The molecule has 2 aromatic carbocycles. The quantitative estimate of drug-likeness (QED) is 0.569. The fourth-order valence-electron chi connectivity index (χ4n) is 3.45. The number of nitrogens with one attached hydrogen (secondary N) is 1. The first kappa shape index (κ1) is 21.7. The molecule has 164 valence electrons. The first-order chi connectivity index (χ1) is 15.6. The van der Waals surface area contributed by atoms with E-state index in [0.29, 0.717) is 24.0 Å². The zero-order valence-electron chi connectivity index (χ0n) is 17.7. The van der Waals surface area contributed by atoms with Crippen molar-refractivity contribution >= 4 is 51.4 Å². The van der Waals surface area contributed by atoms with Crippen molar-refractivity contribution in [1.29, 1.82) is 0 Å². The van der Waals surface area contributed by atoms with Gasteiger partial charge in [-0.3, -0.25) is 14.5 Å². The van der Waals surface area contributed by atoms with Gasteiger partial charge in [-0.15, -0.1) is 11.3 Å². The number of morpholine rings is 1. The van der Waals surface area contributed by atoms with Crippen LogP contribution in [0.2, 0.25) is 0 Å². The first-order valence-corrected chi connectivity index (χ1v) is 11.2. The van der Waals surface area contributed by atoms with E-state index in [-0.39, 0.29) is 11.8 Å². The smallest absolute Gasteiger partial charge is 0.248 e. The van der Waals surface area contributed by atoms with Crippen molar-refractivity contribution in [2.24, 2.45) is 0 Å². The molecule has 0 radical (unpaired) electrons. The van der Waals surface area contributed by atoms with E-state index < -0.39 is 0 Å². The molecule has 32 heavy (non-hydrogen) atoms. The zero-order valence-corrected chi connectivity index (χ0v) is 18.5. The molecule has 2 amide bonds. The van der Waals surface area contributed by atoms with Gasteiger partial charge in [0.2, 0.25) is 11.8 Å². The Kier molecular flexibility index (Phi) is 6.94. The summed E-state index contributed by atoms with van der Waals surface area (Å²) in [6.45, 7) is 4.43. The van der Waals surface area contributed by atoms with Gasteiger partial charge in [-0.1, -0.05) is 30.3 Å². The fraction of sp³-hybridized carbons (Fsp3) is 0.208. The number of rotatable bonds is 6. The van der Waals surface area contributed by atoms with Gasteiger partial charge in [0, 0.05) is 31.5 Å². The molecule has 1 aliphatic rings. The van der Waals surface area contributed by atoms with Gasteiger partial charge in [0.25, 0.3) is 0 Å². The minimum Gasteiger partial charge on any atom is -0.378 e. The molecular weight excluding hydrogens is 424 g/mol. The molecule has 1 fully saturated rings. The fourth-order valence-corrected chi connectivity index (χ4v) is 4.31. The Bertz CT molecular complexity index is 1110. The molecule has 2 heterocycles. The van der Waals surface area contributed by atoms with Crippen LogP contribution >= 0.6 is 11.3 Å². The molecule has 1 aromatic heterocycles. The summed E-state index contributed by atoms with van der Waals surface area (Å²) in [4.78, 5) is 33.0. The van der Waals surface area contributed by atoms with E-state index in [1.807, 2.05) is 60.0 Å². The maximum absolute atomic E-state index is 12.6. The van der Waals surface area contributed by atoms with E-state index in [2.05, 4.69) is 15.2 Å². The van der Waals surface area contributed by atoms with Crippen molar-refractivity contribution in [3.05, 3.63) is 71.7 Å². The van der Waals surface area contributed by atoms with Crippen LogP contribution in [0, 0.1) is 0 Å². The highest BCUT2D eigenvalue weighted by molar-refractivity contribution is 7.14. The van der Waals surface area contributed by atoms with Gasteiger partial charge in [-0.2, -0.15) is 0 Å². The summed E-state index contributed by atoms with van der Waals surface area (Å²) in [6, 6.07) is 17.1. The number of amides is 2.